The van der Waals surface area contributed by atoms with Crippen LogP contribution in [0.1, 0.15) is 23.6 Å². The SMILES string of the molecule is Nc1nc([O-])c2c(n1)[n+]([C@@H]1O[C@H](CO)[C@@H](O)[C@H]1O)cn2Cc1ccc(-c2ccccc2)cc1.Nc1nc([O-])c2c(n1)[n+]([C@@H]1O[C@H](COP(=O)(O)OP(=O)(O)O)[C@@H](O)[C@H]1O)cn2Cc1ccc(-c2ccccc2)cc1.O=P(Cl)(Cl)CP(=O)(Cl)Cl. The maximum atomic E-state index is 12.8. The van der Waals surface area contributed by atoms with Crippen LogP contribution in [0.25, 0.3) is 44.6 Å². The summed E-state index contributed by atoms with van der Waals surface area (Å²) in [6.07, 6.45) is -7.81. The fraction of sp³-hybridized carbons (Fsp3) is 0.277. The number of nitrogen functional groups attached to an aromatic ring is 2. The Balaban J connectivity index is 0.000000192. The van der Waals surface area contributed by atoms with Gasteiger partial charge in [0.1, 0.15) is 42.5 Å². The molecule has 9 atom stereocenters. The molecule has 2 saturated heterocycles. The van der Waals surface area contributed by atoms with Crippen molar-refractivity contribution in [3.05, 3.63) is 133 Å². The number of hydrogen-bond donors (Lipinski definition) is 10. The number of fused-ring (bicyclic) bond motifs is 2. The first-order valence-electron chi connectivity index (χ1n) is 24.1. The van der Waals surface area contributed by atoms with E-state index in [1.807, 2.05) is 109 Å². The first-order chi connectivity index (χ1) is 39.0. The van der Waals surface area contributed by atoms with Gasteiger partial charge < -0.3 is 71.4 Å². The molecule has 1 unspecified atom stereocenters. The van der Waals surface area contributed by atoms with Gasteiger partial charge in [-0.05, 0) is 78.3 Å². The van der Waals surface area contributed by atoms with Gasteiger partial charge in [0.05, 0.1) is 26.3 Å². The van der Waals surface area contributed by atoms with E-state index in [1.165, 1.54) is 20.0 Å². The zero-order valence-electron chi connectivity index (χ0n) is 42.4. The lowest BCUT2D eigenvalue weighted by molar-refractivity contribution is -0.746. The number of phosphoric acid groups is 2. The number of rotatable bonds is 16. The van der Waals surface area contributed by atoms with E-state index in [-0.39, 0.29) is 40.8 Å². The van der Waals surface area contributed by atoms with Crippen molar-refractivity contribution in [3.8, 4) is 34.0 Å². The minimum absolute atomic E-state index is 0.0149. The van der Waals surface area contributed by atoms with E-state index in [9.17, 15) is 58.9 Å². The lowest BCUT2D eigenvalue weighted by Crippen LogP contribution is -2.46. The first kappa shape index (κ1) is 63.8. The minimum atomic E-state index is -5.37. The zero-order valence-corrected chi connectivity index (χ0v) is 49.0. The number of phosphoric ester groups is 1. The maximum Gasteiger partial charge on any atom is 0.481 e. The average Bonchev–Trinajstić information content (AvgIpc) is 2.13. The number of benzene rings is 4. The van der Waals surface area contributed by atoms with E-state index in [4.69, 9.17) is 75.7 Å². The monoisotopic (exact) mass is 1310 g/mol. The molecular formula is C47H50Cl4N10O18P4. The molecule has 36 heteroatoms. The summed E-state index contributed by atoms with van der Waals surface area (Å²) in [6.45, 7) is -0.840. The third-order valence-corrected chi connectivity index (χ3v) is 21.1. The van der Waals surface area contributed by atoms with Gasteiger partial charge in [0.15, 0.2) is 23.7 Å². The second-order valence-corrected chi connectivity index (χ2v) is 32.3. The quantitative estimate of drug-likeness (QED) is 0.0484. The summed E-state index contributed by atoms with van der Waals surface area (Å²) in [5.74, 6) is -9.09. The number of halogens is 4. The van der Waals surface area contributed by atoms with Crippen molar-refractivity contribution >= 4 is 107 Å². The van der Waals surface area contributed by atoms with Crippen molar-refractivity contribution in [1.82, 2.24) is 29.1 Å². The highest BCUT2D eigenvalue weighted by molar-refractivity contribution is 8.21. The standard InChI is InChI=1S/C23H25N5O11P2.C23H23N5O5.CH2Cl4O2P2/c24-23-25-20-17(21(31)26-23)27(10-13-6-8-15(9-7-13)14-4-2-1-3-5-14)12-28(20)22-19(30)18(29)16(38-22)11-37-41(35,36)39-40(32,33)34;24-23-25-20-17(21(32)26-23)27(12-28(20)22-19(31)18(30)16(11-29)33-22)10-13-6-8-15(9-7-13)14-4-2-1-3-5-14;2-8(3,6)1-9(4,5)7/h1-9,12,16,18-19,22,29-30H,10-11H2,(H5-,24,25,26,31,32,33,34,35,36);1-9,12,16,18-19,22,29-31H,10-11H2,(H2-,24,25,26,32);1H2/t2*16-,18-,19-,22-;/m11./s1. The fourth-order valence-corrected chi connectivity index (χ4v) is 19.4. The summed E-state index contributed by atoms with van der Waals surface area (Å²) in [7, 11) is -10.6. The Morgan fingerprint density at radius 2 is 0.940 bits per heavy atom. The van der Waals surface area contributed by atoms with Gasteiger partial charge in [-0.15, -0.1) is 0 Å². The van der Waals surface area contributed by atoms with Crippen molar-refractivity contribution < 1.29 is 96.1 Å². The fourth-order valence-electron chi connectivity index (χ4n) is 8.86. The van der Waals surface area contributed by atoms with Gasteiger partial charge in [0.25, 0.3) is 23.6 Å². The number of nitrogens with two attached hydrogens (primary N) is 2. The first-order valence-corrected chi connectivity index (χ1v) is 34.5. The largest absolute Gasteiger partial charge is 0.856 e. The van der Waals surface area contributed by atoms with Gasteiger partial charge in [0.2, 0.25) is 12.5 Å². The molecule has 6 heterocycles. The van der Waals surface area contributed by atoms with E-state index in [0.29, 0.717) is 6.54 Å². The third-order valence-electron chi connectivity index (χ3n) is 12.5. The highest BCUT2D eigenvalue weighted by Gasteiger charge is 2.49. The summed E-state index contributed by atoms with van der Waals surface area (Å²) in [4.78, 5) is 42.8. The smallest absolute Gasteiger partial charge is 0.481 e. The van der Waals surface area contributed by atoms with Crippen molar-refractivity contribution in [3.63, 3.8) is 0 Å². The number of imidazole rings is 2. The second-order valence-electron chi connectivity index (χ2n) is 18.4. The van der Waals surface area contributed by atoms with E-state index in [0.717, 1.165) is 33.4 Å². The third kappa shape index (κ3) is 16.2. The predicted octanol–water partition coefficient (Wildman–Crippen LogP) is 3.92. The molecule has 4 aromatic heterocycles. The Morgan fingerprint density at radius 3 is 1.29 bits per heavy atom. The summed E-state index contributed by atoms with van der Waals surface area (Å²) in [5, 5.41) is 76.8. The molecule has 444 valence electrons. The van der Waals surface area contributed by atoms with E-state index in [1.54, 1.807) is 10.9 Å². The molecular weight excluding hydrogens is 1260 g/mol. The van der Waals surface area contributed by atoms with Crippen LogP contribution in [-0.4, -0.2) is 125 Å². The molecule has 0 amide bonds. The number of anilines is 2. The van der Waals surface area contributed by atoms with Gasteiger partial charge in [-0.1, -0.05) is 119 Å². The topological polar surface area (TPSA) is 434 Å². The summed E-state index contributed by atoms with van der Waals surface area (Å²) in [5.41, 5.74) is 17.7. The normalized spacial score (nSPS) is 21.7. The van der Waals surface area contributed by atoms with Gasteiger partial charge in [-0.2, -0.15) is 4.31 Å². The Bertz CT molecular complexity index is 3760. The Hall–Kier alpha value is -5.22. The lowest BCUT2D eigenvalue weighted by Gasteiger charge is -2.17. The number of nitrogens with zero attached hydrogens (tertiary/aromatic N) is 8. The Labute approximate surface area is 489 Å². The molecule has 12 N–H and O–H groups in total. The molecule has 4 aromatic carbocycles. The van der Waals surface area contributed by atoms with Gasteiger partial charge in [0, 0.05) is 11.8 Å². The molecule has 2 aliphatic rings. The van der Waals surface area contributed by atoms with Crippen LogP contribution in [0.5, 0.6) is 11.8 Å². The number of aliphatic hydroxyl groups excluding tert-OH is 5. The molecule has 2 aliphatic heterocycles. The summed E-state index contributed by atoms with van der Waals surface area (Å²) >= 11 is 20.0. The van der Waals surface area contributed by atoms with Crippen molar-refractivity contribution in [2.75, 3.05) is 30.6 Å². The van der Waals surface area contributed by atoms with Gasteiger partial charge in [-0.25, -0.2) is 28.2 Å². The van der Waals surface area contributed by atoms with Crippen molar-refractivity contribution in [1.29, 1.82) is 0 Å². The van der Waals surface area contributed by atoms with Crippen molar-refractivity contribution in [2.24, 2.45) is 0 Å². The molecule has 8 aromatic rings. The summed E-state index contributed by atoms with van der Waals surface area (Å²) < 4.78 is 68.9. The van der Waals surface area contributed by atoms with Gasteiger partial charge in [-0.3, -0.25) is 22.8 Å². The number of aromatic nitrogens is 8. The molecule has 0 aliphatic carbocycles. The molecule has 0 saturated carbocycles. The van der Waals surface area contributed by atoms with Crippen LogP contribution < -0.4 is 30.8 Å². The number of aliphatic hydroxyl groups is 5. The molecule has 2 fully saturated rings. The molecule has 0 spiro atoms. The van der Waals surface area contributed by atoms with Gasteiger partial charge >= 0.3 is 26.9 Å². The number of ether oxygens (including phenoxy) is 2. The van der Waals surface area contributed by atoms with Crippen molar-refractivity contribution in [2.45, 2.75) is 62.2 Å². The molecule has 0 bridgehead atoms. The van der Waals surface area contributed by atoms with E-state index in [2.05, 4.69) is 28.8 Å². The van der Waals surface area contributed by atoms with Crippen LogP contribution in [-0.2, 0) is 49.7 Å². The summed E-state index contributed by atoms with van der Waals surface area (Å²) in [6, 6.07) is 35.3. The van der Waals surface area contributed by atoms with Crippen LogP contribution in [0.3, 0.4) is 0 Å². The molecule has 0 radical (unpaired) electrons. The van der Waals surface area contributed by atoms with Crippen LogP contribution in [0.15, 0.2) is 122 Å². The van der Waals surface area contributed by atoms with Crippen LogP contribution in [0, 0.1) is 0 Å². The minimum Gasteiger partial charge on any atom is -0.856 e. The molecule has 83 heavy (non-hydrogen) atoms. The van der Waals surface area contributed by atoms with E-state index < -0.39 is 107 Å². The molecule has 10 rings (SSSR count). The van der Waals surface area contributed by atoms with Crippen LogP contribution in [0.2, 0.25) is 0 Å². The second kappa shape index (κ2) is 26.2. The maximum absolute atomic E-state index is 12.8. The average molecular weight is 1310 g/mol. The zero-order chi connectivity index (χ0) is 60.3. The molecule has 28 nitrogen and oxygen atoms in total. The van der Waals surface area contributed by atoms with Crippen LogP contribution >= 0.6 is 72.3 Å². The van der Waals surface area contributed by atoms with E-state index >= 15 is 0 Å². The van der Waals surface area contributed by atoms with Crippen LogP contribution in [0.4, 0.5) is 11.9 Å². The Morgan fingerprint density at radius 1 is 0.566 bits per heavy atom. The highest BCUT2D eigenvalue weighted by Crippen LogP contribution is 2.72. The predicted molar refractivity (Wildman–Crippen MR) is 296 cm³/mol. The Kier molecular flexibility index (Phi) is 20.1. The lowest BCUT2D eigenvalue weighted by atomic mass is 10.0. The number of hydrogen-bond acceptors (Lipinski definition) is 21. The highest BCUT2D eigenvalue weighted by atomic mass is 35.9.